The average molecular weight is 577 g/mol. The van der Waals surface area contributed by atoms with E-state index < -0.39 is 16.1 Å². The average Bonchev–Trinajstić information content (AvgIpc) is 3.45. The summed E-state index contributed by atoms with van der Waals surface area (Å²) >= 11 is 0. The molecule has 0 aliphatic heterocycles. The molecule has 4 aromatic rings. The second-order valence-corrected chi connectivity index (χ2v) is 12.1. The van der Waals surface area contributed by atoms with Crippen molar-refractivity contribution >= 4 is 21.7 Å². The van der Waals surface area contributed by atoms with E-state index in [9.17, 15) is 18.3 Å². The number of aryl methyl sites for hydroxylation is 1. The van der Waals surface area contributed by atoms with Crippen LogP contribution in [0.1, 0.15) is 49.2 Å². The molecule has 0 unspecified atom stereocenters. The van der Waals surface area contributed by atoms with Gasteiger partial charge in [-0.15, -0.1) is 0 Å². The molecular weight excluding hydrogens is 540 g/mol. The number of anilines is 1. The van der Waals surface area contributed by atoms with Gasteiger partial charge in [-0.1, -0.05) is 42.5 Å². The van der Waals surface area contributed by atoms with Gasteiger partial charge in [0, 0.05) is 36.1 Å². The maximum Gasteiger partial charge on any atom is 0.338 e. The van der Waals surface area contributed by atoms with Crippen LogP contribution in [0.25, 0.3) is 11.3 Å². The largest absolute Gasteiger partial charge is 0.462 e. The van der Waals surface area contributed by atoms with Crippen LogP contribution in [0.2, 0.25) is 0 Å². The van der Waals surface area contributed by atoms with Crippen LogP contribution < -0.4 is 10.0 Å². The Morgan fingerprint density at radius 2 is 1.78 bits per heavy atom. The fraction of sp³-hybridized carbons (Fsp3) is 0.290. The van der Waals surface area contributed by atoms with Crippen LogP contribution in [0, 0.1) is 0 Å². The van der Waals surface area contributed by atoms with Gasteiger partial charge in [0.1, 0.15) is 0 Å². The monoisotopic (exact) mass is 576 g/mol. The SMILES string of the molecule is CCOC(=O)c1ccc(-c2cn(CCC(C)(C)NC[C@H](O)c3cccc(NS(=O)(=O)c4ccccc4)c3)cn2)cc1. The van der Waals surface area contributed by atoms with Gasteiger partial charge in [-0.05, 0) is 69.2 Å². The summed E-state index contributed by atoms with van der Waals surface area (Å²) in [5.41, 5.74) is 2.92. The first-order valence-corrected chi connectivity index (χ1v) is 14.9. The van der Waals surface area contributed by atoms with Crippen molar-refractivity contribution in [3.8, 4) is 11.3 Å². The number of aliphatic hydroxyl groups excluding tert-OH is 1. The second-order valence-electron chi connectivity index (χ2n) is 10.4. The molecule has 0 fully saturated rings. The molecule has 3 aromatic carbocycles. The molecule has 0 bridgehead atoms. The first kappa shape index (κ1) is 30.0. The molecule has 9 nitrogen and oxygen atoms in total. The Labute approximate surface area is 241 Å². The minimum Gasteiger partial charge on any atom is -0.462 e. The highest BCUT2D eigenvalue weighted by Crippen LogP contribution is 2.22. The number of nitrogens with zero attached hydrogens (tertiary/aromatic N) is 2. The van der Waals surface area contributed by atoms with Gasteiger partial charge < -0.3 is 19.7 Å². The van der Waals surface area contributed by atoms with Crippen LogP contribution in [0.4, 0.5) is 5.69 Å². The quantitative estimate of drug-likeness (QED) is 0.191. The number of β-amino-alcohol motifs (C(OH)–C–C–N with tert-alkyl or cyclic N) is 1. The summed E-state index contributed by atoms with van der Waals surface area (Å²) in [6.07, 6.45) is 3.69. The Morgan fingerprint density at radius 1 is 1.05 bits per heavy atom. The zero-order chi connectivity index (χ0) is 29.5. The van der Waals surface area contributed by atoms with E-state index in [4.69, 9.17) is 4.74 Å². The van der Waals surface area contributed by atoms with Crippen LogP contribution in [-0.2, 0) is 21.3 Å². The van der Waals surface area contributed by atoms with E-state index in [-0.39, 0.29) is 16.4 Å². The fourth-order valence-corrected chi connectivity index (χ4v) is 5.30. The van der Waals surface area contributed by atoms with Gasteiger partial charge in [0.15, 0.2) is 0 Å². The van der Waals surface area contributed by atoms with Gasteiger partial charge in [0.05, 0.1) is 35.2 Å². The molecule has 0 radical (unpaired) electrons. The van der Waals surface area contributed by atoms with E-state index in [1.807, 2.05) is 22.9 Å². The first-order chi connectivity index (χ1) is 19.6. The van der Waals surface area contributed by atoms with E-state index in [0.717, 1.165) is 17.7 Å². The molecule has 216 valence electrons. The predicted molar refractivity (Wildman–Crippen MR) is 159 cm³/mol. The molecule has 0 aliphatic carbocycles. The van der Waals surface area contributed by atoms with E-state index in [1.165, 1.54) is 12.1 Å². The van der Waals surface area contributed by atoms with Crippen molar-refractivity contribution < 1.29 is 23.1 Å². The van der Waals surface area contributed by atoms with Crippen LogP contribution in [0.5, 0.6) is 0 Å². The summed E-state index contributed by atoms with van der Waals surface area (Å²) < 4.78 is 34.9. The highest BCUT2D eigenvalue weighted by atomic mass is 32.2. The lowest BCUT2D eigenvalue weighted by molar-refractivity contribution is 0.0526. The number of aliphatic hydroxyl groups is 1. The highest BCUT2D eigenvalue weighted by molar-refractivity contribution is 7.92. The van der Waals surface area contributed by atoms with Gasteiger partial charge >= 0.3 is 5.97 Å². The number of esters is 1. The predicted octanol–water partition coefficient (Wildman–Crippen LogP) is 5.02. The van der Waals surface area contributed by atoms with Gasteiger partial charge in [0.25, 0.3) is 10.0 Å². The Balaban J connectivity index is 1.30. The molecule has 1 heterocycles. The summed E-state index contributed by atoms with van der Waals surface area (Å²) in [5, 5.41) is 14.3. The van der Waals surface area contributed by atoms with Crippen molar-refractivity contribution in [2.24, 2.45) is 0 Å². The Morgan fingerprint density at radius 3 is 2.49 bits per heavy atom. The normalized spacial score (nSPS) is 12.6. The molecule has 0 spiro atoms. The standard InChI is InChI=1S/C31H36N4O5S/c1-4-40-30(37)24-15-13-23(14-16-24)28-21-35(22-32-28)18-17-31(2,3)33-20-29(36)25-9-8-10-26(19-25)34-41(38,39)27-11-6-5-7-12-27/h5-16,19,21-22,29,33-34,36H,4,17-18,20H2,1-3H3/t29-/m0/s1. The highest BCUT2D eigenvalue weighted by Gasteiger charge is 2.20. The smallest absolute Gasteiger partial charge is 0.338 e. The molecule has 1 aromatic heterocycles. The third kappa shape index (κ3) is 8.26. The number of aromatic nitrogens is 2. The number of imidazole rings is 1. The molecule has 4 rings (SSSR count). The first-order valence-electron chi connectivity index (χ1n) is 13.5. The minimum absolute atomic E-state index is 0.172. The third-order valence-electron chi connectivity index (χ3n) is 6.67. The maximum atomic E-state index is 12.7. The molecular formula is C31H36N4O5S. The molecule has 41 heavy (non-hydrogen) atoms. The molecule has 0 aliphatic rings. The molecule has 0 saturated heterocycles. The second kappa shape index (κ2) is 13.1. The van der Waals surface area contributed by atoms with Crippen LogP contribution in [-0.4, -0.2) is 47.7 Å². The van der Waals surface area contributed by atoms with Crippen molar-refractivity contribution in [3.63, 3.8) is 0 Å². The summed E-state index contributed by atoms with van der Waals surface area (Å²) in [6, 6.07) is 22.1. The number of nitrogens with one attached hydrogen (secondary N) is 2. The van der Waals surface area contributed by atoms with Gasteiger partial charge in [-0.25, -0.2) is 18.2 Å². The molecule has 10 heteroatoms. The van der Waals surface area contributed by atoms with Crippen molar-refractivity contribution in [2.45, 2.75) is 50.3 Å². The van der Waals surface area contributed by atoms with Crippen molar-refractivity contribution in [2.75, 3.05) is 17.9 Å². The summed E-state index contributed by atoms with van der Waals surface area (Å²) in [6.45, 7) is 7.25. The van der Waals surface area contributed by atoms with Crippen LogP contribution in [0.15, 0.2) is 96.3 Å². The molecule has 0 saturated carbocycles. The van der Waals surface area contributed by atoms with Gasteiger partial charge in [0.2, 0.25) is 0 Å². The summed E-state index contributed by atoms with van der Waals surface area (Å²) in [7, 11) is -3.72. The fourth-order valence-electron chi connectivity index (χ4n) is 4.23. The Hall–Kier alpha value is -3.99. The Bertz CT molecular complexity index is 1550. The van der Waals surface area contributed by atoms with Crippen molar-refractivity contribution in [1.29, 1.82) is 0 Å². The lowest BCUT2D eigenvalue weighted by Crippen LogP contribution is -2.42. The number of rotatable bonds is 13. The van der Waals surface area contributed by atoms with E-state index in [0.29, 0.717) is 36.5 Å². The Kier molecular flexibility index (Phi) is 9.59. The summed E-state index contributed by atoms with van der Waals surface area (Å²) in [5.74, 6) is -0.343. The molecule has 3 N–H and O–H groups in total. The zero-order valence-corrected chi connectivity index (χ0v) is 24.3. The summed E-state index contributed by atoms with van der Waals surface area (Å²) in [4.78, 5) is 16.6. The zero-order valence-electron chi connectivity index (χ0n) is 23.4. The number of hydrogen-bond donors (Lipinski definition) is 3. The molecule has 0 amide bonds. The lowest BCUT2D eigenvalue weighted by Gasteiger charge is -2.28. The number of hydrogen-bond acceptors (Lipinski definition) is 7. The number of sulfonamides is 1. The van der Waals surface area contributed by atoms with Crippen LogP contribution in [0.3, 0.4) is 0 Å². The third-order valence-corrected chi connectivity index (χ3v) is 8.07. The van der Waals surface area contributed by atoms with Crippen molar-refractivity contribution in [3.05, 3.63) is 103 Å². The van der Waals surface area contributed by atoms with Gasteiger partial charge in [-0.3, -0.25) is 4.72 Å². The molecule has 1 atom stereocenters. The number of benzene rings is 3. The van der Waals surface area contributed by atoms with Crippen molar-refractivity contribution in [1.82, 2.24) is 14.9 Å². The van der Waals surface area contributed by atoms with Gasteiger partial charge in [-0.2, -0.15) is 0 Å². The lowest BCUT2D eigenvalue weighted by atomic mass is 9.99. The van der Waals surface area contributed by atoms with Crippen LogP contribution >= 0.6 is 0 Å². The maximum absolute atomic E-state index is 12.7. The number of carbonyl (C=O) groups excluding carboxylic acids is 1. The number of ether oxygens (including phenoxy) is 1. The topological polar surface area (TPSA) is 123 Å². The number of carbonyl (C=O) groups is 1. The van der Waals surface area contributed by atoms with E-state index in [2.05, 4.69) is 28.9 Å². The van der Waals surface area contributed by atoms with E-state index in [1.54, 1.807) is 67.8 Å². The van der Waals surface area contributed by atoms with E-state index >= 15 is 0 Å². The minimum atomic E-state index is -3.72.